The highest BCUT2D eigenvalue weighted by molar-refractivity contribution is 7.78. The average molecular weight is 301 g/mol. The molecule has 1 atom stereocenters. The number of halogens is 1. The van der Waals surface area contributed by atoms with Crippen LogP contribution in [0.25, 0.3) is 0 Å². The van der Waals surface area contributed by atoms with Crippen LogP contribution < -0.4 is 0 Å². The third-order valence-electron chi connectivity index (χ3n) is 3.92. The number of aliphatic hydroxyl groups is 1. The van der Waals surface area contributed by atoms with Crippen molar-refractivity contribution in [2.24, 2.45) is 0 Å². The molecule has 0 spiro atoms. The lowest BCUT2D eigenvalue weighted by atomic mass is 9.84. The standard InChI is InChI=1S/C14H20FNO3S/c1-2-16-5-3-14(17,4-6-16)12-7-11(10-20(18)19)8-13(15)9-12/h7-9,17H,2-6,10H2,1H3,(H,18,19). The van der Waals surface area contributed by atoms with Gasteiger partial charge in [-0.3, -0.25) is 0 Å². The van der Waals surface area contributed by atoms with Gasteiger partial charge in [0.1, 0.15) is 5.82 Å². The molecule has 4 nitrogen and oxygen atoms in total. The van der Waals surface area contributed by atoms with Gasteiger partial charge in [-0.2, -0.15) is 0 Å². The zero-order valence-corrected chi connectivity index (χ0v) is 12.3. The van der Waals surface area contributed by atoms with E-state index in [1.807, 2.05) is 0 Å². The van der Waals surface area contributed by atoms with Gasteiger partial charge in [0.2, 0.25) is 0 Å². The number of hydrogen-bond donors (Lipinski definition) is 2. The monoisotopic (exact) mass is 301 g/mol. The maximum Gasteiger partial charge on any atom is 0.157 e. The van der Waals surface area contributed by atoms with Crippen LogP contribution in [0.1, 0.15) is 30.9 Å². The predicted molar refractivity (Wildman–Crippen MR) is 76.1 cm³/mol. The summed E-state index contributed by atoms with van der Waals surface area (Å²) in [5.41, 5.74) is -0.0969. The van der Waals surface area contributed by atoms with Crippen molar-refractivity contribution >= 4 is 11.1 Å². The molecular weight excluding hydrogens is 281 g/mol. The van der Waals surface area contributed by atoms with E-state index in [9.17, 15) is 13.7 Å². The molecule has 6 heteroatoms. The summed E-state index contributed by atoms with van der Waals surface area (Å²) < 4.78 is 33.4. The highest BCUT2D eigenvalue weighted by Gasteiger charge is 2.34. The fourth-order valence-corrected chi connectivity index (χ4v) is 3.12. The second kappa shape index (κ2) is 6.30. The maximum absolute atomic E-state index is 13.6. The molecule has 1 aromatic carbocycles. The van der Waals surface area contributed by atoms with Crippen molar-refractivity contribution in [2.75, 3.05) is 19.6 Å². The zero-order valence-electron chi connectivity index (χ0n) is 11.5. The van der Waals surface area contributed by atoms with Gasteiger partial charge in [0, 0.05) is 13.1 Å². The van der Waals surface area contributed by atoms with Crippen LogP contribution in [-0.4, -0.2) is 38.4 Å². The third kappa shape index (κ3) is 3.63. The summed E-state index contributed by atoms with van der Waals surface area (Å²) in [6.45, 7) is 4.55. The Balaban J connectivity index is 2.23. The molecule has 2 N–H and O–H groups in total. The summed E-state index contributed by atoms with van der Waals surface area (Å²) in [7, 11) is 0. The Morgan fingerprint density at radius 1 is 1.35 bits per heavy atom. The Hall–Kier alpha value is -0.820. The smallest absolute Gasteiger partial charge is 0.157 e. The topological polar surface area (TPSA) is 60.8 Å². The molecule has 1 aliphatic heterocycles. The van der Waals surface area contributed by atoms with Gasteiger partial charge in [0.05, 0.1) is 11.4 Å². The normalized spacial score (nSPS) is 20.8. The fraction of sp³-hybridized carbons (Fsp3) is 0.571. The van der Waals surface area contributed by atoms with Crippen molar-refractivity contribution in [2.45, 2.75) is 31.1 Å². The number of piperidine rings is 1. The van der Waals surface area contributed by atoms with E-state index < -0.39 is 22.5 Å². The molecule has 1 unspecified atom stereocenters. The Bertz CT molecular complexity index is 501. The van der Waals surface area contributed by atoms with E-state index >= 15 is 0 Å². The van der Waals surface area contributed by atoms with Gasteiger partial charge in [0.15, 0.2) is 11.1 Å². The molecule has 1 heterocycles. The van der Waals surface area contributed by atoms with E-state index in [0.29, 0.717) is 24.0 Å². The lowest BCUT2D eigenvalue weighted by molar-refractivity contribution is -0.0249. The minimum Gasteiger partial charge on any atom is -0.385 e. The first kappa shape index (κ1) is 15.6. The Morgan fingerprint density at radius 3 is 2.55 bits per heavy atom. The number of benzene rings is 1. The molecule has 0 radical (unpaired) electrons. The fourth-order valence-electron chi connectivity index (χ4n) is 2.67. The van der Waals surface area contributed by atoms with Crippen LogP contribution in [0.2, 0.25) is 0 Å². The van der Waals surface area contributed by atoms with Gasteiger partial charge >= 0.3 is 0 Å². The van der Waals surface area contributed by atoms with Crippen LogP contribution in [0.15, 0.2) is 18.2 Å². The lowest BCUT2D eigenvalue weighted by Gasteiger charge is -2.38. The second-order valence-electron chi connectivity index (χ2n) is 5.28. The molecule has 1 saturated heterocycles. The SMILES string of the molecule is CCN1CCC(O)(c2cc(F)cc(CS(=O)O)c2)CC1. The molecule has 0 bridgehead atoms. The average Bonchev–Trinajstić information content (AvgIpc) is 2.38. The largest absolute Gasteiger partial charge is 0.385 e. The minimum absolute atomic E-state index is 0.123. The van der Waals surface area contributed by atoms with Gasteiger partial charge < -0.3 is 14.6 Å². The van der Waals surface area contributed by atoms with Crippen LogP contribution >= 0.6 is 0 Å². The lowest BCUT2D eigenvalue weighted by Crippen LogP contribution is -2.42. The van der Waals surface area contributed by atoms with Crippen molar-refractivity contribution in [1.29, 1.82) is 0 Å². The molecule has 112 valence electrons. The summed E-state index contributed by atoms with van der Waals surface area (Å²) in [4.78, 5) is 2.23. The van der Waals surface area contributed by atoms with Gasteiger partial charge in [-0.25, -0.2) is 8.60 Å². The minimum atomic E-state index is -2.02. The van der Waals surface area contributed by atoms with Crippen LogP contribution in [0.4, 0.5) is 4.39 Å². The first-order chi connectivity index (χ1) is 9.43. The Morgan fingerprint density at radius 2 is 2.00 bits per heavy atom. The second-order valence-corrected chi connectivity index (χ2v) is 6.21. The molecule has 2 rings (SSSR count). The van der Waals surface area contributed by atoms with E-state index in [4.69, 9.17) is 4.55 Å². The molecule has 20 heavy (non-hydrogen) atoms. The van der Waals surface area contributed by atoms with Crippen molar-refractivity contribution in [1.82, 2.24) is 4.90 Å². The summed E-state index contributed by atoms with van der Waals surface area (Å²) in [5.74, 6) is -0.601. The number of hydrogen-bond acceptors (Lipinski definition) is 3. The molecule has 0 aromatic heterocycles. The molecule has 1 aromatic rings. The molecule has 0 amide bonds. The summed E-state index contributed by atoms with van der Waals surface area (Å²) >= 11 is -2.02. The Labute approximate surface area is 120 Å². The van der Waals surface area contributed by atoms with Crippen LogP contribution in [0.5, 0.6) is 0 Å². The van der Waals surface area contributed by atoms with E-state index in [1.54, 1.807) is 6.07 Å². The molecule has 1 fully saturated rings. The van der Waals surface area contributed by atoms with Gasteiger partial charge in [0.25, 0.3) is 0 Å². The van der Waals surface area contributed by atoms with E-state index in [1.165, 1.54) is 12.1 Å². The number of nitrogens with zero attached hydrogens (tertiary/aromatic N) is 1. The highest BCUT2D eigenvalue weighted by Crippen LogP contribution is 2.33. The predicted octanol–water partition coefficient (Wildman–Crippen LogP) is 1.85. The van der Waals surface area contributed by atoms with E-state index in [0.717, 1.165) is 19.6 Å². The summed E-state index contributed by atoms with van der Waals surface area (Å²) in [5, 5.41) is 10.7. The van der Waals surface area contributed by atoms with Crippen molar-refractivity contribution in [3.05, 3.63) is 35.1 Å². The number of likely N-dealkylation sites (tertiary alicyclic amines) is 1. The molecule has 0 saturated carbocycles. The first-order valence-electron chi connectivity index (χ1n) is 6.75. The van der Waals surface area contributed by atoms with Crippen LogP contribution in [-0.2, 0) is 22.4 Å². The summed E-state index contributed by atoms with van der Waals surface area (Å²) in [6.07, 6.45) is 1.10. The third-order valence-corrected chi connectivity index (χ3v) is 4.50. The zero-order chi connectivity index (χ0) is 14.8. The maximum atomic E-state index is 13.6. The van der Waals surface area contributed by atoms with Crippen molar-refractivity contribution in [3.8, 4) is 0 Å². The highest BCUT2D eigenvalue weighted by atomic mass is 32.2. The van der Waals surface area contributed by atoms with Gasteiger partial charge in [-0.15, -0.1) is 0 Å². The van der Waals surface area contributed by atoms with E-state index in [2.05, 4.69) is 11.8 Å². The Kier molecular flexibility index (Phi) is 4.90. The molecular formula is C14H20FNO3S. The number of rotatable bonds is 4. The van der Waals surface area contributed by atoms with Crippen LogP contribution in [0, 0.1) is 5.82 Å². The van der Waals surface area contributed by atoms with Crippen molar-refractivity contribution in [3.63, 3.8) is 0 Å². The van der Waals surface area contributed by atoms with Gasteiger partial charge in [-0.05, 0) is 42.6 Å². The van der Waals surface area contributed by atoms with Crippen molar-refractivity contribution < 1.29 is 18.3 Å². The van der Waals surface area contributed by atoms with Gasteiger partial charge in [-0.1, -0.05) is 13.0 Å². The summed E-state index contributed by atoms with van der Waals surface area (Å²) in [6, 6.07) is 4.20. The van der Waals surface area contributed by atoms with Crippen LogP contribution in [0.3, 0.4) is 0 Å². The molecule has 0 aliphatic carbocycles. The first-order valence-corrected chi connectivity index (χ1v) is 8.02. The quantitative estimate of drug-likeness (QED) is 0.833. The molecule has 1 aliphatic rings. The van der Waals surface area contributed by atoms with E-state index in [-0.39, 0.29) is 5.75 Å².